The van der Waals surface area contributed by atoms with Crippen molar-refractivity contribution in [2.45, 2.75) is 45.7 Å². The van der Waals surface area contributed by atoms with Crippen LogP contribution >= 0.6 is 0 Å². The highest BCUT2D eigenvalue weighted by atomic mass is 16.3. The number of likely N-dealkylation sites (tertiary alicyclic amines) is 1. The molecule has 0 aliphatic carbocycles. The molecule has 9 nitrogen and oxygen atoms in total. The molecule has 9 N–H and O–H groups in total. The summed E-state index contributed by atoms with van der Waals surface area (Å²) in [6, 6.07) is 9.87. The van der Waals surface area contributed by atoms with E-state index in [2.05, 4.69) is 38.7 Å². The maximum absolute atomic E-state index is 9.95. The number of nitrogens with zero attached hydrogens (tertiary/aromatic N) is 4. The molecule has 0 radical (unpaired) electrons. The summed E-state index contributed by atoms with van der Waals surface area (Å²) in [5, 5.41) is 9.95. The van der Waals surface area contributed by atoms with Crippen molar-refractivity contribution in [2.75, 3.05) is 26.7 Å². The van der Waals surface area contributed by atoms with Gasteiger partial charge in [0.1, 0.15) is 11.6 Å². The van der Waals surface area contributed by atoms with Gasteiger partial charge in [0.15, 0.2) is 0 Å². The monoisotopic (exact) mass is 492 g/mol. The SMILES string of the molecule is CC.CN1C2CCC1CN(C(/C=C(\N)c1ccccc1O)=C(N)N)C2.Cc1ccnc(C#CCN)n1. The highest BCUT2D eigenvalue weighted by Gasteiger charge is 2.38. The molecule has 3 heterocycles. The Balaban J connectivity index is 0.000000295. The summed E-state index contributed by atoms with van der Waals surface area (Å²) in [4.78, 5) is 12.7. The van der Waals surface area contributed by atoms with Crippen LogP contribution in [0.15, 0.2) is 54.1 Å². The van der Waals surface area contributed by atoms with Crippen LogP contribution in [0.4, 0.5) is 0 Å². The van der Waals surface area contributed by atoms with E-state index < -0.39 is 0 Å². The number of fused-ring (bicyclic) bond motifs is 2. The first kappa shape index (κ1) is 28.5. The number of allylic oxidation sites excluding steroid dienone is 1. The maximum atomic E-state index is 9.95. The van der Waals surface area contributed by atoms with Crippen molar-refractivity contribution in [3.63, 3.8) is 0 Å². The van der Waals surface area contributed by atoms with Crippen molar-refractivity contribution in [1.29, 1.82) is 0 Å². The molecule has 2 bridgehead atoms. The Kier molecular flexibility index (Phi) is 11.1. The Morgan fingerprint density at radius 2 is 1.75 bits per heavy atom. The van der Waals surface area contributed by atoms with Crippen LogP contribution < -0.4 is 22.9 Å². The number of nitrogens with two attached hydrogens (primary N) is 4. The number of piperazine rings is 1. The quantitative estimate of drug-likeness (QED) is 0.318. The third-order valence-electron chi connectivity index (χ3n) is 6.09. The van der Waals surface area contributed by atoms with Crippen LogP contribution in [0.25, 0.3) is 5.70 Å². The molecule has 1 aromatic heterocycles. The Labute approximate surface area is 214 Å². The minimum absolute atomic E-state index is 0.148. The first-order chi connectivity index (χ1) is 17.3. The summed E-state index contributed by atoms with van der Waals surface area (Å²) in [6.07, 6.45) is 5.86. The minimum Gasteiger partial charge on any atom is -0.507 e. The van der Waals surface area contributed by atoms with Crippen LogP contribution in [0.5, 0.6) is 5.75 Å². The Bertz CT molecular complexity index is 1100. The van der Waals surface area contributed by atoms with Gasteiger partial charge in [0.05, 0.1) is 12.2 Å². The van der Waals surface area contributed by atoms with Crippen molar-refractivity contribution in [1.82, 2.24) is 19.8 Å². The number of hydrogen-bond donors (Lipinski definition) is 5. The van der Waals surface area contributed by atoms with Crippen molar-refractivity contribution >= 4 is 5.70 Å². The van der Waals surface area contributed by atoms with Gasteiger partial charge in [-0.15, -0.1) is 0 Å². The van der Waals surface area contributed by atoms with Crippen LogP contribution in [-0.2, 0) is 0 Å². The van der Waals surface area contributed by atoms with Crippen LogP contribution in [0.1, 0.15) is 43.8 Å². The zero-order valence-electron chi connectivity index (χ0n) is 21.8. The van der Waals surface area contributed by atoms with Crippen molar-refractivity contribution in [2.24, 2.45) is 22.9 Å². The molecular weight excluding hydrogens is 452 g/mol. The normalized spacial score (nSPS) is 18.6. The molecule has 2 fully saturated rings. The van der Waals surface area contributed by atoms with Gasteiger partial charge < -0.3 is 32.9 Å². The fraction of sp³-hybridized carbons (Fsp3) is 0.407. The number of likely N-dealkylation sites (N-methyl/N-ethyl adjacent to an activating group) is 1. The van der Waals surface area contributed by atoms with E-state index in [1.54, 1.807) is 30.5 Å². The van der Waals surface area contributed by atoms with Crippen LogP contribution in [0.3, 0.4) is 0 Å². The smallest absolute Gasteiger partial charge is 0.205 e. The zero-order chi connectivity index (χ0) is 26.7. The van der Waals surface area contributed by atoms with Gasteiger partial charge in [0.2, 0.25) is 5.82 Å². The third-order valence-corrected chi connectivity index (χ3v) is 6.09. The summed E-state index contributed by atoms with van der Waals surface area (Å²) in [6.45, 7) is 8.03. The van der Waals surface area contributed by atoms with E-state index in [-0.39, 0.29) is 11.6 Å². The molecule has 4 rings (SSSR count). The number of benzene rings is 1. The molecule has 194 valence electrons. The lowest BCUT2D eigenvalue weighted by molar-refractivity contribution is 0.114. The minimum atomic E-state index is 0.148. The molecule has 2 atom stereocenters. The number of rotatable bonds is 3. The average molecular weight is 493 g/mol. The van der Waals surface area contributed by atoms with Crippen LogP contribution in [-0.4, -0.2) is 63.6 Å². The number of para-hydroxylation sites is 1. The Hall–Kier alpha value is -3.74. The molecule has 36 heavy (non-hydrogen) atoms. The molecule has 0 amide bonds. The van der Waals surface area contributed by atoms with E-state index in [9.17, 15) is 5.11 Å². The lowest BCUT2D eigenvalue weighted by Gasteiger charge is -2.40. The highest BCUT2D eigenvalue weighted by molar-refractivity contribution is 5.69. The maximum Gasteiger partial charge on any atom is 0.205 e. The number of aryl methyl sites for hydroxylation is 1. The molecule has 0 saturated carbocycles. The second kappa shape index (κ2) is 14.0. The number of hydrogen-bond acceptors (Lipinski definition) is 9. The second-order valence-corrected chi connectivity index (χ2v) is 8.44. The van der Waals surface area contributed by atoms with Crippen LogP contribution in [0.2, 0.25) is 0 Å². The molecule has 2 unspecified atom stereocenters. The molecule has 0 spiro atoms. The molecule has 2 saturated heterocycles. The predicted octanol–water partition coefficient (Wildman–Crippen LogP) is 1.68. The summed E-state index contributed by atoms with van der Waals surface area (Å²) in [7, 11) is 2.18. The summed E-state index contributed by atoms with van der Waals surface area (Å²) >= 11 is 0. The standard InChI is InChI=1S/C17H25N5O.C8H9N3.C2H6/c1-21-11-6-7-12(21)10-22(9-11)15(17(19)20)8-14(18)13-4-2-3-5-16(13)23;1-7-4-6-10-8(11-7)3-2-5-9;1-2/h2-5,8,11-12,23H,6-7,9-10,18-20H2,1H3;4,6H,5,9H2,1H3;1-2H3/b14-8-;;. The first-order valence-electron chi connectivity index (χ1n) is 12.3. The van der Waals surface area contributed by atoms with Crippen molar-refractivity contribution in [3.05, 3.63) is 71.2 Å². The van der Waals surface area contributed by atoms with Crippen LogP contribution in [0, 0.1) is 18.8 Å². The Morgan fingerprint density at radius 1 is 1.11 bits per heavy atom. The zero-order valence-corrected chi connectivity index (χ0v) is 21.8. The van der Waals surface area contributed by atoms with E-state index in [0.29, 0.717) is 35.7 Å². The summed E-state index contributed by atoms with van der Waals surface area (Å²) in [5.41, 5.74) is 25.9. The molecule has 2 aromatic rings. The van der Waals surface area contributed by atoms with Gasteiger partial charge in [-0.3, -0.25) is 4.90 Å². The van der Waals surface area contributed by atoms with Crippen molar-refractivity contribution < 1.29 is 5.11 Å². The number of aromatic hydroxyl groups is 1. The van der Waals surface area contributed by atoms with Gasteiger partial charge in [-0.1, -0.05) is 31.9 Å². The van der Waals surface area contributed by atoms with Crippen molar-refractivity contribution in [3.8, 4) is 17.6 Å². The summed E-state index contributed by atoms with van der Waals surface area (Å²) < 4.78 is 0. The highest BCUT2D eigenvalue weighted by Crippen LogP contribution is 2.31. The molecule has 1 aromatic carbocycles. The second-order valence-electron chi connectivity index (χ2n) is 8.44. The molecule has 9 heteroatoms. The Morgan fingerprint density at radius 3 is 2.31 bits per heavy atom. The first-order valence-corrected chi connectivity index (χ1v) is 12.3. The van der Waals surface area contributed by atoms with E-state index in [1.165, 1.54) is 12.8 Å². The van der Waals surface area contributed by atoms with Gasteiger partial charge in [0.25, 0.3) is 0 Å². The third kappa shape index (κ3) is 7.63. The van der Waals surface area contributed by atoms with Gasteiger partial charge in [0, 0.05) is 48.3 Å². The van der Waals surface area contributed by atoms with E-state index in [4.69, 9.17) is 22.9 Å². The van der Waals surface area contributed by atoms with Gasteiger partial charge in [-0.25, -0.2) is 9.97 Å². The molecule has 2 aliphatic rings. The van der Waals surface area contributed by atoms with Gasteiger partial charge >= 0.3 is 0 Å². The fourth-order valence-corrected chi connectivity index (χ4v) is 4.25. The topological polar surface area (TPSA) is 157 Å². The number of phenolic OH excluding ortho intramolecular Hbond substituents is 1. The number of aromatic nitrogens is 2. The van der Waals surface area contributed by atoms with E-state index >= 15 is 0 Å². The van der Waals surface area contributed by atoms with E-state index in [0.717, 1.165) is 24.5 Å². The van der Waals surface area contributed by atoms with Gasteiger partial charge in [-0.05, 0) is 57.0 Å². The van der Waals surface area contributed by atoms with Gasteiger partial charge in [-0.2, -0.15) is 0 Å². The molecule has 2 aliphatic heterocycles. The predicted molar refractivity (Wildman–Crippen MR) is 146 cm³/mol. The lowest BCUT2D eigenvalue weighted by atomic mass is 10.1. The largest absolute Gasteiger partial charge is 0.507 e. The molecular formula is C27H40N8O. The van der Waals surface area contributed by atoms with E-state index in [1.807, 2.05) is 32.9 Å². The lowest BCUT2D eigenvalue weighted by Crippen LogP contribution is -2.51. The number of phenols is 1. The average Bonchev–Trinajstić information content (AvgIpc) is 3.07. The summed E-state index contributed by atoms with van der Waals surface area (Å²) in [5.74, 6) is 6.37. The fourth-order valence-electron chi connectivity index (χ4n) is 4.25.